The van der Waals surface area contributed by atoms with E-state index in [0.29, 0.717) is 0 Å². The van der Waals surface area contributed by atoms with Crippen LogP contribution in [0.25, 0.3) is 0 Å². The second-order valence-corrected chi connectivity index (χ2v) is 4.86. The Morgan fingerprint density at radius 3 is 2.78 bits per heavy atom. The van der Waals surface area contributed by atoms with Crippen LogP contribution in [-0.2, 0) is 6.42 Å². The van der Waals surface area contributed by atoms with Crippen LogP contribution in [0.1, 0.15) is 17.4 Å². The van der Waals surface area contributed by atoms with Crippen molar-refractivity contribution in [3.8, 4) is 0 Å². The van der Waals surface area contributed by atoms with Gasteiger partial charge in [0.25, 0.3) is 0 Å². The smallest absolute Gasteiger partial charge is 0.156 e. The maximum Gasteiger partial charge on any atom is 0.156 e. The van der Waals surface area contributed by atoms with Crippen molar-refractivity contribution in [2.24, 2.45) is 0 Å². The van der Waals surface area contributed by atoms with Crippen molar-refractivity contribution in [1.29, 1.82) is 0 Å². The summed E-state index contributed by atoms with van der Waals surface area (Å²) in [5.74, 6) is 0. The second-order valence-electron chi connectivity index (χ2n) is 4.86. The number of para-hydroxylation sites is 2. The summed E-state index contributed by atoms with van der Waals surface area (Å²) >= 11 is 0. The molecule has 4 rings (SSSR count). The van der Waals surface area contributed by atoms with Gasteiger partial charge in [0.2, 0.25) is 0 Å². The predicted octanol–water partition coefficient (Wildman–Crippen LogP) is 2.49. The van der Waals surface area contributed by atoms with E-state index in [4.69, 9.17) is 0 Å². The monoisotopic (exact) mass is 238 g/mol. The Hall–Kier alpha value is -2.00. The number of benzene rings is 2. The third kappa shape index (κ3) is 1.22. The van der Waals surface area contributed by atoms with Gasteiger partial charge in [-0.25, -0.2) is 0 Å². The molecule has 2 heterocycles. The molecule has 18 heavy (non-hydrogen) atoms. The number of fused-ring (bicyclic) bond motifs is 4. The molecule has 0 amide bonds. The molecular weight excluding hydrogens is 224 g/mol. The van der Waals surface area contributed by atoms with E-state index in [9.17, 15) is 5.11 Å². The number of aliphatic hydroxyl groups is 1. The summed E-state index contributed by atoms with van der Waals surface area (Å²) in [4.78, 5) is 2.07. The molecule has 2 atom stereocenters. The van der Waals surface area contributed by atoms with Crippen LogP contribution in [0.3, 0.4) is 0 Å². The molecule has 0 saturated carbocycles. The van der Waals surface area contributed by atoms with Crippen molar-refractivity contribution in [1.82, 2.24) is 0 Å². The molecule has 2 aromatic carbocycles. The summed E-state index contributed by atoms with van der Waals surface area (Å²) in [6, 6.07) is 16.2. The Bertz CT molecular complexity index is 611. The topological polar surface area (TPSA) is 35.5 Å². The molecule has 2 aliphatic heterocycles. The van der Waals surface area contributed by atoms with E-state index in [-0.39, 0.29) is 6.17 Å². The number of rotatable bonds is 0. The van der Waals surface area contributed by atoms with Crippen molar-refractivity contribution in [3.63, 3.8) is 0 Å². The molecular formula is C15H14N2O. The highest BCUT2D eigenvalue weighted by molar-refractivity contribution is 5.68. The minimum atomic E-state index is -0.559. The fourth-order valence-electron chi connectivity index (χ4n) is 3.02. The second kappa shape index (κ2) is 3.50. The number of hydrogen-bond donors (Lipinski definition) is 2. The number of aliphatic hydroxyl groups excluding tert-OH is 1. The van der Waals surface area contributed by atoms with Crippen LogP contribution in [-0.4, -0.2) is 11.3 Å². The molecule has 0 saturated heterocycles. The Balaban J connectivity index is 1.85. The van der Waals surface area contributed by atoms with Crippen LogP contribution >= 0.6 is 0 Å². The summed E-state index contributed by atoms with van der Waals surface area (Å²) in [7, 11) is 0. The van der Waals surface area contributed by atoms with Gasteiger partial charge in [0.15, 0.2) is 6.23 Å². The first-order valence-corrected chi connectivity index (χ1v) is 6.24. The highest BCUT2D eigenvalue weighted by atomic mass is 16.3. The van der Waals surface area contributed by atoms with E-state index in [1.807, 2.05) is 30.3 Å². The average Bonchev–Trinajstić information content (AvgIpc) is 2.77. The fourth-order valence-corrected chi connectivity index (χ4v) is 3.02. The van der Waals surface area contributed by atoms with Gasteiger partial charge < -0.3 is 15.3 Å². The molecule has 0 aromatic heterocycles. The van der Waals surface area contributed by atoms with Crippen LogP contribution in [0.4, 0.5) is 11.4 Å². The average molecular weight is 238 g/mol. The maximum absolute atomic E-state index is 10.6. The molecule has 2 aromatic rings. The van der Waals surface area contributed by atoms with Crippen LogP contribution in [0.15, 0.2) is 48.5 Å². The standard InChI is InChI=1S/C15H14N2O/c18-15-11-6-2-3-7-12(11)16-14-9-10-5-1-4-8-13(10)17(14)15/h1-8,14-16,18H,9H2/t14-,15?/m0/s1. The third-order valence-electron chi connectivity index (χ3n) is 3.84. The zero-order chi connectivity index (χ0) is 12.1. The van der Waals surface area contributed by atoms with Crippen LogP contribution in [0, 0.1) is 0 Å². The van der Waals surface area contributed by atoms with E-state index in [2.05, 4.69) is 28.4 Å². The Kier molecular flexibility index (Phi) is 1.94. The lowest BCUT2D eigenvalue weighted by atomic mass is 10.1. The molecule has 0 spiro atoms. The van der Waals surface area contributed by atoms with Gasteiger partial charge in [-0.2, -0.15) is 0 Å². The summed E-state index contributed by atoms with van der Waals surface area (Å²) < 4.78 is 0. The van der Waals surface area contributed by atoms with Crippen molar-refractivity contribution in [3.05, 3.63) is 59.7 Å². The minimum absolute atomic E-state index is 0.160. The predicted molar refractivity (Wildman–Crippen MR) is 71.4 cm³/mol. The van der Waals surface area contributed by atoms with Gasteiger partial charge in [-0.1, -0.05) is 36.4 Å². The lowest BCUT2D eigenvalue weighted by Crippen LogP contribution is -2.44. The summed E-state index contributed by atoms with van der Waals surface area (Å²) in [6.07, 6.45) is 0.532. The van der Waals surface area contributed by atoms with Crippen molar-refractivity contribution >= 4 is 11.4 Å². The van der Waals surface area contributed by atoms with Gasteiger partial charge in [-0.15, -0.1) is 0 Å². The lowest BCUT2D eigenvalue weighted by molar-refractivity contribution is 0.162. The Labute approximate surface area is 106 Å². The first kappa shape index (κ1) is 9.97. The van der Waals surface area contributed by atoms with Crippen molar-refractivity contribution in [2.45, 2.75) is 18.8 Å². The largest absolute Gasteiger partial charge is 0.369 e. The molecule has 2 aliphatic rings. The van der Waals surface area contributed by atoms with E-state index in [0.717, 1.165) is 23.4 Å². The van der Waals surface area contributed by atoms with Crippen molar-refractivity contribution in [2.75, 3.05) is 10.2 Å². The van der Waals surface area contributed by atoms with Crippen LogP contribution in [0.2, 0.25) is 0 Å². The van der Waals surface area contributed by atoms with Crippen LogP contribution in [0.5, 0.6) is 0 Å². The molecule has 0 fully saturated rings. The quantitative estimate of drug-likeness (QED) is 0.740. The maximum atomic E-state index is 10.6. The van der Waals surface area contributed by atoms with Gasteiger partial charge in [0.1, 0.15) is 6.17 Å². The lowest BCUT2D eigenvalue weighted by Gasteiger charge is -2.39. The molecule has 0 aliphatic carbocycles. The molecule has 0 bridgehead atoms. The molecule has 3 nitrogen and oxygen atoms in total. The first-order valence-electron chi connectivity index (χ1n) is 6.24. The number of anilines is 2. The van der Waals surface area contributed by atoms with Gasteiger partial charge in [-0.05, 0) is 17.7 Å². The zero-order valence-corrected chi connectivity index (χ0v) is 9.88. The molecule has 2 N–H and O–H groups in total. The summed E-state index contributed by atoms with van der Waals surface area (Å²) in [5.41, 5.74) is 4.42. The highest BCUT2D eigenvalue weighted by Gasteiger charge is 2.38. The van der Waals surface area contributed by atoms with Gasteiger partial charge in [0, 0.05) is 23.4 Å². The number of hydrogen-bond acceptors (Lipinski definition) is 3. The molecule has 3 heteroatoms. The van der Waals surface area contributed by atoms with Gasteiger partial charge >= 0.3 is 0 Å². The summed E-state index contributed by atoms with van der Waals surface area (Å²) in [5, 5.41) is 14.1. The van der Waals surface area contributed by atoms with E-state index < -0.39 is 6.23 Å². The highest BCUT2D eigenvalue weighted by Crippen LogP contribution is 2.42. The zero-order valence-electron chi connectivity index (χ0n) is 9.88. The minimum Gasteiger partial charge on any atom is -0.369 e. The summed E-state index contributed by atoms with van der Waals surface area (Å²) in [6.45, 7) is 0. The van der Waals surface area contributed by atoms with Gasteiger partial charge in [0.05, 0.1) is 0 Å². The molecule has 0 radical (unpaired) electrons. The molecule has 1 unspecified atom stereocenters. The van der Waals surface area contributed by atoms with Gasteiger partial charge in [-0.3, -0.25) is 0 Å². The number of nitrogens with zero attached hydrogens (tertiary/aromatic N) is 1. The van der Waals surface area contributed by atoms with E-state index in [1.54, 1.807) is 0 Å². The van der Waals surface area contributed by atoms with Crippen molar-refractivity contribution < 1.29 is 5.11 Å². The SMILES string of the molecule is OC1c2ccccc2N[C@@H]2Cc3ccccc3N12. The fraction of sp³-hybridized carbons (Fsp3) is 0.200. The van der Waals surface area contributed by atoms with Crippen LogP contribution < -0.4 is 10.2 Å². The number of nitrogens with one attached hydrogen (secondary N) is 1. The Morgan fingerprint density at radius 2 is 1.83 bits per heavy atom. The molecule has 90 valence electrons. The normalized spacial score (nSPS) is 23.9. The Morgan fingerprint density at radius 1 is 1.06 bits per heavy atom. The van der Waals surface area contributed by atoms with E-state index in [1.165, 1.54) is 5.56 Å². The first-order chi connectivity index (χ1) is 8.84. The third-order valence-corrected chi connectivity index (χ3v) is 3.84. The van der Waals surface area contributed by atoms with E-state index >= 15 is 0 Å².